The number of anilines is 2. The predicted molar refractivity (Wildman–Crippen MR) is 129 cm³/mol. The van der Waals surface area contributed by atoms with Gasteiger partial charge in [-0.05, 0) is 89.0 Å². The van der Waals surface area contributed by atoms with Gasteiger partial charge in [0.25, 0.3) is 0 Å². The highest BCUT2D eigenvalue weighted by Crippen LogP contribution is 2.25. The van der Waals surface area contributed by atoms with Crippen LogP contribution in [0, 0.1) is 0 Å². The van der Waals surface area contributed by atoms with Gasteiger partial charge in [-0.25, -0.2) is 0 Å². The summed E-state index contributed by atoms with van der Waals surface area (Å²) in [7, 11) is 4.08. The average molecular weight is 435 g/mol. The van der Waals surface area contributed by atoms with Crippen LogP contribution in [0.3, 0.4) is 0 Å². The van der Waals surface area contributed by atoms with Crippen LogP contribution in [0.5, 0.6) is 0 Å². The summed E-state index contributed by atoms with van der Waals surface area (Å²) in [5.74, 6) is 0.175. The molecule has 2 aromatic carbocycles. The summed E-state index contributed by atoms with van der Waals surface area (Å²) in [4.78, 5) is 29.8. The highest BCUT2D eigenvalue weighted by molar-refractivity contribution is 5.96. The Balaban J connectivity index is 1.23. The molecular formula is C26H34N4O2. The molecule has 0 saturated heterocycles. The highest BCUT2D eigenvalue weighted by Gasteiger charge is 2.28. The van der Waals surface area contributed by atoms with Crippen LogP contribution >= 0.6 is 0 Å². The molecule has 6 heteroatoms. The van der Waals surface area contributed by atoms with Crippen molar-refractivity contribution in [1.82, 2.24) is 9.80 Å². The van der Waals surface area contributed by atoms with Gasteiger partial charge in [0, 0.05) is 11.4 Å². The van der Waals surface area contributed by atoms with Gasteiger partial charge in [-0.2, -0.15) is 0 Å². The maximum absolute atomic E-state index is 12.7. The van der Waals surface area contributed by atoms with E-state index in [1.165, 1.54) is 11.1 Å². The number of nitrogens with one attached hydrogen (secondary N) is 2. The van der Waals surface area contributed by atoms with Crippen molar-refractivity contribution in [1.29, 1.82) is 0 Å². The number of carbonyl (C=O) groups is 2. The standard InChI is InChI=1S/C26H34N4O2/c1-29(23-15-13-19-9-3-5-11-21(19)27-25(23)31)17-7-8-18-30(2)24-16-14-20-10-4-6-12-22(20)28-26(24)32/h3-6,9-12,23-24H,7-8,13-18H2,1-2H3,(H,27,31)(H,28,32). The van der Waals surface area contributed by atoms with E-state index < -0.39 is 0 Å². The first-order valence-corrected chi connectivity index (χ1v) is 11.7. The maximum atomic E-state index is 12.7. The minimum absolute atomic E-state index is 0.0873. The summed E-state index contributed by atoms with van der Waals surface area (Å²) in [6.07, 6.45) is 5.47. The first-order chi connectivity index (χ1) is 15.5. The molecule has 2 heterocycles. The van der Waals surface area contributed by atoms with E-state index in [0.717, 1.165) is 63.0 Å². The molecule has 2 amide bonds. The normalized spacial score (nSPS) is 20.8. The lowest BCUT2D eigenvalue weighted by Crippen LogP contribution is -2.43. The molecule has 0 spiro atoms. The molecule has 4 rings (SSSR count). The lowest BCUT2D eigenvalue weighted by atomic mass is 10.0. The largest absolute Gasteiger partial charge is 0.324 e. The van der Waals surface area contributed by atoms with E-state index in [0.29, 0.717) is 0 Å². The topological polar surface area (TPSA) is 64.7 Å². The van der Waals surface area contributed by atoms with Gasteiger partial charge in [0.05, 0.1) is 12.1 Å². The monoisotopic (exact) mass is 434 g/mol. The molecule has 2 N–H and O–H groups in total. The van der Waals surface area contributed by atoms with Gasteiger partial charge < -0.3 is 10.6 Å². The number of fused-ring (bicyclic) bond motifs is 2. The molecule has 0 fully saturated rings. The molecule has 2 unspecified atom stereocenters. The fourth-order valence-corrected chi connectivity index (χ4v) is 4.87. The van der Waals surface area contributed by atoms with Crippen molar-refractivity contribution in [2.45, 2.75) is 50.6 Å². The van der Waals surface area contributed by atoms with E-state index >= 15 is 0 Å². The minimum atomic E-state index is -0.105. The molecule has 2 atom stereocenters. The summed E-state index contributed by atoms with van der Waals surface area (Å²) >= 11 is 0. The third-order valence-corrected chi connectivity index (χ3v) is 6.87. The van der Waals surface area contributed by atoms with Crippen molar-refractivity contribution >= 4 is 23.2 Å². The molecule has 0 bridgehead atoms. The first-order valence-electron chi connectivity index (χ1n) is 11.7. The second-order valence-corrected chi connectivity index (χ2v) is 9.07. The molecule has 6 nitrogen and oxygen atoms in total. The zero-order chi connectivity index (χ0) is 22.5. The van der Waals surface area contributed by atoms with Gasteiger partial charge >= 0.3 is 0 Å². The Kier molecular flexibility index (Phi) is 7.22. The smallest absolute Gasteiger partial charge is 0.241 e. The second-order valence-electron chi connectivity index (χ2n) is 9.07. The Morgan fingerprint density at radius 3 is 1.56 bits per heavy atom. The fraction of sp³-hybridized carbons (Fsp3) is 0.462. The fourth-order valence-electron chi connectivity index (χ4n) is 4.87. The lowest BCUT2D eigenvalue weighted by molar-refractivity contribution is -0.122. The summed E-state index contributed by atoms with van der Waals surface area (Å²) in [5, 5.41) is 6.18. The summed E-state index contributed by atoms with van der Waals surface area (Å²) in [5.41, 5.74) is 4.31. The molecule has 170 valence electrons. The van der Waals surface area contributed by atoms with Crippen LogP contribution in [-0.2, 0) is 22.4 Å². The first kappa shape index (κ1) is 22.5. The van der Waals surface area contributed by atoms with Crippen molar-refractivity contribution in [2.75, 3.05) is 37.8 Å². The molecule has 0 saturated carbocycles. The van der Waals surface area contributed by atoms with Crippen molar-refractivity contribution < 1.29 is 9.59 Å². The number of carbonyl (C=O) groups excluding carboxylic acids is 2. The van der Waals surface area contributed by atoms with Gasteiger partial charge in [0.1, 0.15) is 0 Å². The van der Waals surface area contributed by atoms with E-state index in [4.69, 9.17) is 0 Å². The zero-order valence-electron chi connectivity index (χ0n) is 19.1. The van der Waals surface area contributed by atoms with Gasteiger partial charge in [-0.3, -0.25) is 19.4 Å². The molecule has 2 aromatic rings. The Morgan fingerprint density at radius 1 is 0.719 bits per heavy atom. The number of hydrogen-bond donors (Lipinski definition) is 2. The predicted octanol–water partition coefficient (Wildman–Crippen LogP) is 3.54. The van der Waals surface area contributed by atoms with E-state index in [9.17, 15) is 9.59 Å². The number of hydrogen-bond acceptors (Lipinski definition) is 4. The van der Waals surface area contributed by atoms with Crippen LogP contribution in [0.15, 0.2) is 48.5 Å². The zero-order valence-corrected chi connectivity index (χ0v) is 19.1. The molecule has 0 radical (unpaired) electrons. The quantitative estimate of drug-likeness (QED) is 0.655. The van der Waals surface area contributed by atoms with Crippen molar-refractivity contribution in [2.24, 2.45) is 0 Å². The average Bonchev–Trinajstić information content (AvgIpc) is 3.06. The number of para-hydroxylation sites is 2. The van der Waals surface area contributed by atoms with Crippen LogP contribution in [0.25, 0.3) is 0 Å². The van der Waals surface area contributed by atoms with Gasteiger partial charge in [0.2, 0.25) is 11.8 Å². The molecule has 0 aromatic heterocycles. The lowest BCUT2D eigenvalue weighted by Gasteiger charge is -2.27. The number of benzene rings is 2. The Bertz CT molecular complexity index is 883. The Morgan fingerprint density at radius 2 is 1.12 bits per heavy atom. The molecule has 0 aliphatic carbocycles. The Labute approximate surface area is 191 Å². The van der Waals surface area contributed by atoms with Crippen LogP contribution in [0.2, 0.25) is 0 Å². The molecular weight excluding hydrogens is 400 g/mol. The SMILES string of the molecule is CN(CCCCN(C)C1CCc2ccccc2NC1=O)C1CCc2ccccc2NC1=O. The van der Waals surface area contributed by atoms with Crippen LogP contribution in [-0.4, -0.2) is 60.9 Å². The molecule has 2 aliphatic rings. The molecule has 32 heavy (non-hydrogen) atoms. The van der Waals surface area contributed by atoms with Crippen LogP contribution in [0.1, 0.15) is 36.8 Å². The number of rotatable bonds is 7. The van der Waals surface area contributed by atoms with Crippen molar-refractivity contribution in [3.8, 4) is 0 Å². The number of amides is 2. The van der Waals surface area contributed by atoms with Crippen molar-refractivity contribution in [3.05, 3.63) is 59.7 Å². The minimum Gasteiger partial charge on any atom is -0.324 e. The van der Waals surface area contributed by atoms with E-state index in [1.54, 1.807) is 0 Å². The number of unbranched alkanes of at least 4 members (excludes halogenated alkanes) is 1. The van der Waals surface area contributed by atoms with E-state index in [2.05, 4.69) is 32.6 Å². The summed E-state index contributed by atoms with van der Waals surface area (Å²) in [6, 6.07) is 15.9. The highest BCUT2D eigenvalue weighted by atomic mass is 16.2. The van der Waals surface area contributed by atoms with Gasteiger partial charge in [0.15, 0.2) is 0 Å². The van der Waals surface area contributed by atoms with E-state index in [1.807, 2.05) is 50.5 Å². The third-order valence-electron chi connectivity index (χ3n) is 6.87. The Hall–Kier alpha value is -2.70. The summed E-state index contributed by atoms with van der Waals surface area (Å²) < 4.78 is 0. The number of aryl methyl sites for hydroxylation is 2. The number of nitrogens with zero attached hydrogens (tertiary/aromatic N) is 2. The third kappa shape index (κ3) is 5.19. The van der Waals surface area contributed by atoms with Gasteiger partial charge in [-0.1, -0.05) is 36.4 Å². The molecule has 2 aliphatic heterocycles. The number of likely N-dealkylation sites (N-methyl/N-ethyl adjacent to an activating group) is 2. The summed E-state index contributed by atoms with van der Waals surface area (Å²) in [6.45, 7) is 1.73. The van der Waals surface area contributed by atoms with E-state index in [-0.39, 0.29) is 23.9 Å². The van der Waals surface area contributed by atoms with Crippen LogP contribution in [0.4, 0.5) is 11.4 Å². The van der Waals surface area contributed by atoms with Crippen molar-refractivity contribution in [3.63, 3.8) is 0 Å². The van der Waals surface area contributed by atoms with Gasteiger partial charge in [-0.15, -0.1) is 0 Å². The maximum Gasteiger partial charge on any atom is 0.241 e. The van der Waals surface area contributed by atoms with Crippen LogP contribution < -0.4 is 10.6 Å². The second kappa shape index (κ2) is 10.3.